The number of nitrogens with zero attached hydrogens (tertiary/aromatic N) is 1. The molecule has 0 aliphatic rings. The zero-order valence-electron chi connectivity index (χ0n) is 12.8. The van der Waals surface area contributed by atoms with Crippen LogP contribution < -0.4 is 10.6 Å². The van der Waals surface area contributed by atoms with E-state index in [1.165, 1.54) is 22.6 Å². The molecule has 2 N–H and O–H groups in total. The number of hydrogen-bond donors (Lipinski definition) is 2. The summed E-state index contributed by atoms with van der Waals surface area (Å²) in [5.74, 6) is 0. The molecule has 1 aromatic heterocycles. The van der Waals surface area contributed by atoms with E-state index < -0.39 is 11.0 Å². The molecule has 0 unspecified atom stereocenters. The van der Waals surface area contributed by atoms with Gasteiger partial charge in [0.1, 0.15) is 5.69 Å². The maximum absolute atomic E-state index is 11.4. The number of carbonyl (C=O) groups is 1. The number of carbonyl (C=O) groups excluding carboxylic acids is 1. The lowest BCUT2D eigenvalue weighted by molar-refractivity contribution is -0.383. The van der Waals surface area contributed by atoms with Crippen molar-refractivity contribution in [2.24, 2.45) is 0 Å². The fourth-order valence-electron chi connectivity index (χ4n) is 1.94. The number of benzene rings is 1. The number of rotatable bonds is 6. The number of nitro groups is 1. The minimum Gasteiger partial charge on any atom is -0.450 e. The molecule has 0 aliphatic carbocycles. The van der Waals surface area contributed by atoms with Gasteiger partial charge in [-0.3, -0.25) is 15.4 Å². The van der Waals surface area contributed by atoms with Crippen molar-refractivity contribution in [3.8, 4) is 0 Å². The number of amides is 1. The molecule has 1 aromatic carbocycles. The smallest absolute Gasteiger partial charge is 0.411 e. The van der Waals surface area contributed by atoms with Gasteiger partial charge in [-0.2, -0.15) is 0 Å². The lowest BCUT2D eigenvalue weighted by Gasteiger charge is -2.09. The zero-order valence-corrected chi connectivity index (χ0v) is 13.6. The van der Waals surface area contributed by atoms with Crippen molar-refractivity contribution in [3.63, 3.8) is 0 Å². The van der Waals surface area contributed by atoms with Gasteiger partial charge in [0, 0.05) is 23.2 Å². The molecule has 2 aromatic rings. The Kier molecular flexibility index (Phi) is 5.53. The molecular weight excluding hydrogens is 318 g/mol. The first-order valence-corrected chi connectivity index (χ1v) is 7.88. The molecule has 0 saturated carbocycles. The SMILES string of the molecule is CCOC(=O)Nc1ccc(NCc2sccc2C)cc1[N+](=O)[O-]. The molecule has 23 heavy (non-hydrogen) atoms. The maximum Gasteiger partial charge on any atom is 0.411 e. The quantitative estimate of drug-likeness (QED) is 0.611. The molecule has 1 amide bonds. The predicted molar refractivity (Wildman–Crippen MR) is 90.1 cm³/mol. The Labute approximate surface area is 137 Å². The van der Waals surface area contributed by atoms with Crippen molar-refractivity contribution in [2.45, 2.75) is 20.4 Å². The second-order valence-corrected chi connectivity index (χ2v) is 5.72. The summed E-state index contributed by atoms with van der Waals surface area (Å²) in [4.78, 5) is 23.2. The van der Waals surface area contributed by atoms with Crippen LogP contribution in [0.25, 0.3) is 0 Å². The van der Waals surface area contributed by atoms with Crippen molar-refractivity contribution in [1.29, 1.82) is 0 Å². The van der Waals surface area contributed by atoms with E-state index in [1.807, 2.05) is 18.4 Å². The zero-order chi connectivity index (χ0) is 16.8. The molecule has 0 atom stereocenters. The molecule has 0 aliphatic heterocycles. The molecular formula is C15H17N3O4S. The number of nitrogens with one attached hydrogen (secondary N) is 2. The molecule has 1 heterocycles. The van der Waals surface area contributed by atoms with Crippen LogP contribution >= 0.6 is 11.3 Å². The molecule has 2 rings (SSSR count). The fourth-order valence-corrected chi connectivity index (χ4v) is 2.79. The van der Waals surface area contributed by atoms with Crippen molar-refractivity contribution >= 4 is 34.5 Å². The topological polar surface area (TPSA) is 93.5 Å². The summed E-state index contributed by atoms with van der Waals surface area (Å²) in [7, 11) is 0. The number of hydrogen-bond acceptors (Lipinski definition) is 6. The fraction of sp³-hybridized carbons (Fsp3) is 0.267. The van der Waals surface area contributed by atoms with E-state index in [-0.39, 0.29) is 18.0 Å². The lowest BCUT2D eigenvalue weighted by Crippen LogP contribution is -2.14. The molecule has 0 spiro atoms. The van der Waals surface area contributed by atoms with Gasteiger partial charge in [0.15, 0.2) is 0 Å². The second kappa shape index (κ2) is 7.59. The first kappa shape index (κ1) is 16.8. The number of ether oxygens (including phenoxy) is 1. The molecule has 0 bridgehead atoms. The van der Waals surface area contributed by atoms with E-state index in [0.717, 1.165) is 0 Å². The summed E-state index contributed by atoms with van der Waals surface area (Å²) in [6, 6.07) is 6.58. The summed E-state index contributed by atoms with van der Waals surface area (Å²) in [6.07, 6.45) is -0.717. The Morgan fingerprint density at radius 1 is 1.39 bits per heavy atom. The predicted octanol–water partition coefficient (Wildman–Crippen LogP) is 4.15. The highest BCUT2D eigenvalue weighted by molar-refractivity contribution is 7.10. The van der Waals surface area contributed by atoms with Crippen LogP contribution in [0.3, 0.4) is 0 Å². The van der Waals surface area contributed by atoms with Crippen LogP contribution in [0.2, 0.25) is 0 Å². The molecule has 0 radical (unpaired) electrons. The number of nitro benzene ring substituents is 1. The van der Waals surface area contributed by atoms with Gasteiger partial charge in [-0.05, 0) is 43.0 Å². The Morgan fingerprint density at radius 3 is 2.78 bits per heavy atom. The third-order valence-corrected chi connectivity index (χ3v) is 4.15. The van der Waals surface area contributed by atoms with Gasteiger partial charge in [-0.1, -0.05) is 0 Å². The van der Waals surface area contributed by atoms with Gasteiger partial charge < -0.3 is 10.1 Å². The third-order valence-electron chi connectivity index (χ3n) is 3.13. The number of aryl methyl sites for hydroxylation is 1. The highest BCUT2D eigenvalue weighted by Crippen LogP contribution is 2.28. The van der Waals surface area contributed by atoms with Crippen molar-refractivity contribution in [2.75, 3.05) is 17.2 Å². The Hall–Kier alpha value is -2.61. The summed E-state index contributed by atoms with van der Waals surface area (Å²) in [5.41, 5.74) is 1.70. The van der Waals surface area contributed by atoms with Gasteiger partial charge in [0.2, 0.25) is 0 Å². The standard InChI is InChI=1S/C15H17N3O4S/c1-3-22-15(19)17-12-5-4-11(8-13(12)18(20)21)16-9-14-10(2)6-7-23-14/h4-8,16H,3,9H2,1-2H3,(H,17,19). The maximum atomic E-state index is 11.4. The largest absolute Gasteiger partial charge is 0.450 e. The van der Waals surface area contributed by atoms with Crippen LogP contribution in [0, 0.1) is 17.0 Å². The van der Waals surface area contributed by atoms with E-state index in [2.05, 4.69) is 10.6 Å². The minimum atomic E-state index is -0.717. The van der Waals surface area contributed by atoms with Crippen LogP contribution in [0.1, 0.15) is 17.4 Å². The van der Waals surface area contributed by atoms with Crippen molar-refractivity contribution in [3.05, 3.63) is 50.2 Å². The highest BCUT2D eigenvalue weighted by atomic mass is 32.1. The molecule has 7 nitrogen and oxygen atoms in total. The Bertz CT molecular complexity index is 714. The highest BCUT2D eigenvalue weighted by Gasteiger charge is 2.17. The van der Waals surface area contributed by atoms with Crippen molar-refractivity contribution in [1.82, 2.24) is 0 Å². The minimum absolute atomic E-state index is 0.103. The van der Waals surface area contributed by atoms with Gasteiger partial charge in [0.05, 0.1) is 11.5 Å². The van der Waals surface area contributed by atoms with Crippen LogP contribution in [0.15, 0.2) is 29.6 Å². The summed E-state index contributed by atoms with van der Waals surface area (Å²) < 4.78 is 4.73. The number of thiophene rings is 1. The van der Waals surface area contributed by atoms with Crippen molar-refractivity contribution < 1.29 is 14.5 Å². The lowest BCUT2D eigenvalue weighted by atomic mass is 10.2. The molecule has 8 heteroatoms. The van der Waals surface area contributed by atoms with Crippen LogP contribution in [-0.4, -0.2) is 17.6 Å². The first-order chi connectivity index (χ1) is 11.0. The van der Waals surface area contributed by atoms with E-state index >= 15 is 0 Å². The van der Waals surface area contributed by atoms with E-state index in [1.54, 1.807) is 24.3 Å². The van der Waals surface area contributed by atoms with Gasteiger partial charge in [0.25, 0.3) is 5.69 Å². The van der Waals surface area contributed by atoms with Gasteiger partial charge in [-0.25, -0.2) is 4.79 Å². The summed E-state index contributed by atoms with van der Waals surface area (Å²) in [5, 5.41) is 18.7. The average molecular weight is 335 g/mol. The van der Waals surface area contributed by atoms with Gasteiger partial charge in [-0.15, -0.1) is 11.3 Å². The first-order valence-electron chi connectivity index (χ1n) is 7.00. The second-order valence-electron chi connectivity index (χ2n) is 4.71. The van der Waals surface area contributed by atoms with E-state index in [0.29, 0.717) is 12.2 Å². The Balaban J connectivity index is 2.13. The van der Waals surface area contributed by atoms with E-state index in [9.17, 15) is 14.9 Å². The van der Waals surface area contributed by atoms with Gasteiger partial charge >= 0.3 is 6.09 Å². The molecule has 0 fully saturated rings. The molecule has 0 saturated heterocycles. The normalized spacial score (nSPS) is 10.2. The monoisotopic (exact) mass is 335 g/mol. The van der Waals surface area contributed by atoms with E-state index in [4.69, 9.17) is 4.74 Å². The summed E-state index contributed by atoms with van der Waals surface area (Å²) in [6.45, 7) is 4.46. The average Bonchev–Trinajstić information content (AvgIpc) is 2.91. The van der Waals surface area contributed by atoms with Crippen LogP contribution in [0.5, 0.6) is 0 Å². The number of anilines is 2. The molecule has 122 valence electrons. The third kappa shape index (κ3) is 4.43. The Morgan fingerprint density at radius 2 is 2.17 bits per heavy atom. The summed E-state index contributed by atoms with van der Waals surface area (Å²) >= 11 is 1.63. The van der Waals surface area contributed by atoms with Crippen LogP contribution in [0.4, 0.5) is 21.9 Å². The van der Waals surface area contributed by atoms with Crippen LogP contribution in [-0.2, 0) is 11.3 Å².